The topological polar surface area (TPSA) is 62.3 Å². The summed E-state index contributed by atoms with van der Waals surface area (Å²) in [5.74, 6) is 1.19. The second-order valence-corrected chi connectivity index (χ2v) is 7.95. The number of hydrogen-bond donors (Lipinski definition) is 0. The number of halogens is 1. The van der Waals surface area contributed by atoms with E-state index >= 15 is 0 Å². The summed E-state index contributed by atoms with van der Waals surface area (Å²) in [4.78, 5) is 31.1. The Morgan fingerprint density at radius 1 is 1.03 bits per heavy atom. The lowest BCUT2D eigenvalue weighted by Gasteiger charge is -2.35. The van der Waals surface area contributed by atoms with Gasteiger partial charge in [-0.2, -0.15) is 0 Å². The number of hydrogen-bond acceptors (Lipinski definition) is 5. The minimum Gasteiger partial charge on any atom is -0.491 e. The molecule has 8 heteroatoms. The molecule has 164 valence electrons. The first-order chi connectivity index (χ1) is 15.1. The highest BCUT2D eigenvalue weighted by Gasteiger charge is 2.28. The fraction of sp³-hybridized carbons (Fsp3) is 0.391. The molecule has 0 N–H and O–H groups in total. The number of anilines is 1. The monoisotopic (exact) mass is 443 g/mol. The predicted octanol–water partition coefficient (Wildman–Crippen LogP) is 2.68. The maximum atomic E-state index is 12.9. The second kappa shape index (κ2) is 10.0. The summed E-state index contributed by atoms with van der Waals surface area (Å²) >= 11 is 6.11. The molecule has 2 aliphatic rings. The molecule has 2 heterocycles. The van der Waals surface area contributed by atoms with E-state index in [-0.39, 0.29) is 24.8 Å². The summed E-state index contributed by atoms with van der Waals surface area (Å²) in [7, 11) is 0. The zero-order valence-electron chi connectivity index (χ0n) is 17.3. The van der Waals surface area contributed by atoms with Gasteiger partial charge in [-0.05, 0) is 24.3 Å². The molecule has 0 aliphatic carbocycles. The van der Waals surface area contributed by atoms with Crippen LogP contribution in [0.3, 0.4) is 0 Å². The van der Waals surface area contributed by atoms with Crippen molar-refractivity contribution in [3.05, 3.63) is 53.6 Å². The molecule has 4 rings (SSSR count). The highest BCUT2D eigenvalue weighted by atomic mass is 35.5. The van der Waals surface area contributed by atoms with Crippen LogP contribution in [0.2, 0.25) is 5.02 Å². The summed E-state index contributed by atoms with van der Waals surface area (Å²) in [5, 5.41) is 0.605. The Kier molecular flexibility index (Phi) is 6.94. The summed E-state index contributed by atoms with van der Waals surface area (Å²) in [6, 6.07) is 14.8. The van der Waals surface area contributed by atoms with E-state index in [0.29, 0.717) is 48.5 Å². The lowest BCUT2D eigenvalue weighted by molar-refractivity contribution is -0.133. The van der Waals surface area contributed by atoms with Crippen molar-refractivity contribution >= 4 is 29.1 Å². The molecule has 2 aromatic rings. The first-order valence-corrected chi connectivity index (χ1v) is 10.9. The fourth-order valence-electron chi connectivity index (χ4n) is 3.80. The summed E-state index contributed by atoms with van der Waals surface area (Å²) in [6.45, 7) is 4.47. The summed E-state index contributed by atoms with van der Waals surface area (Å²) in [5.41, 5.74) is 0.661. The summed E-state index contributed by atoms with van der Waals surface area (Å²) < 4.78 is 11.4. The zero-order chi connectivity index (χ0) is 21.6. The first kappa shape index (κ1) is 21.5. The van der Waals surface area contributed by atoms with Crippen molar-refractivity contribution in [3.8, 4) is 11.5 Å². The number of rotatable bonds is 6. The van der Waals surface area contributed by atoms with Gasteiger partial charge in [0.1, 0.15) is 24.7 Å². The molecule has 0 atom stereocenters. The molecule has 0 unspecified atom stereocenters. The first-order valence-electron chi connectivity index (χ1n) is 10.5. The van der Waals surface area contributed by atoms with Crippen LogP contribution in [0.1, 0.15) is 6.42 Å². The van der Waals surface area contributed by atoms with Crippen molar-refractivity contribution in [1.29, 1.82) is 0 Å². The number of ether oxygens (including phenoxy) is 2. The van der Waals surface area contributed by atoms with Gasteiger partial charge in [0.15, 0.2) is 0 Å². The fourth-order valence-corrected chi connectivity index (χ4v) is 3.99. The Balaban J connectivity index is 1.27. The minimum absolute atomic E-state index is 0.0365. The van der Waals surface area contributed by atoms with Crippen LogP contribution in [0.4, 0.5) is 5.69 Å². The number of carbonyl (C=O) groups excluding carboxylic acids is 2. The molecule has 0 bridgehead atoms. The summed E-state index contributed by atoms with van der Waals surface area (Å²) in [6.07, 6.45) is 0.265. The third-order valence-electron chi connectivity index (χ3n) is 5.55. The average molecular weight is 444 g/mol. The van der Waals surface area contributed by atoms with Gasteiger partial charge in [0.05, 0.1) is 23.7 Å². The van der Waals surface area contributed by atoms with Gasteiger partial charge in [-0.1, -0.05) is 35.9 Å². The molecule has 0 radical (unpaired) electrons. The van der Waals surface area contributed by atoms with Crippen LogP contribution in [0, 0.1) is 0 Å². The van der Waals surface area contributed by atoms with Crippen LogP contribution in [0.25, 0.3) is 0 Å². The Labute approximate surface area is 187 Å². The smallest absolute Gasteiger partial charge is 0.242 e. The Morgan fingerprint density at radius 2 is 1.77 bits per heavy atom. The second-order valence-electron chi connectivity index (χ2n) is 7.55. The zero-order valence-corrected chi connectivity index (χ0v) is 18.1. The van der Waals surface area contributed by atoms with E-state index in [2.05, 4.69) is 4.90 Å². The molecule has 2 aliphatic heterocycles. The van der Waals surface area contributed by atoms with Crippen LogP contribution in [0.15, 0.2) is 48.5 Å². The number of fused-ring (bicyclic) bond motifs is 1. The SMILES string of the molecule is O=C(CN1C(=O)CCOc2ccccc21)N1CCN(CCOc2ccccc2Cl)CC1. The van der Waals surface area contributed by atoms with Crippen LogP contribution >= 0.6 is 11.6 Å². The van der Waals surface area contributed by atoms with Crippen molar-refractivity contribution < 1.29 is 19.1 Å². The van der Waals surface area contributed by atoms with Gasteiger partial charge in [-0.15, -0.1) is 0 Å². The standard InChI is InChI=1S/C23H26ClN3O4/c24-18-5-1-3-7-20(18)31-16-14-25-10-12-26(13-11-25)23(29)17-27-19-6-2-4-8-21(19)30-15-9-22(27)28/h1-8H,9-17H2. The quantitative estimate of drug-likeness (QED) is 0.687. The average Bonchev–Trinajstić information content (AvgIpc) is 2.94. The third-order valence-corrected chi connectivity index (χ3v) is 5.86. The number of amides is 2. The highest BCUT2D eigenvalue weighted by molar-refractivity contribution is 6.32. The lowest BCUT2D eigenvalue weighted by Crippen LogP contribution is -2.52. The van der Waals surface area contributed by atoms with E-state index in [0.717, 1.165) is 19.6 Å². The number of para-hydroxylation sites is 3. The normalized spacial score (nSPS) is 17.0. The van der Waals surface area contributed by atoms with Gasteiger partial charge in [-0.25, -0.2) is 0 Å². The molecule has 31 heavy (non-hydrogen) atoms. The maximum absolute atomic E-state index is 12.9. The van der Waals surface area contributed by atoms with E-state index in [1.807, 2.05) is 47.4 Å². The molecule has 2 aromatic carbocycles. The van der Waals surface area contributed by atoms with Gasteiger partial charge < -0.3 is 14.4 Å². The van der Waals surface area contributed by atoms with Gasteiger partial charge in [0, 0.05) is 32.7 Å². The van der Waals surface area contributed by atoms with Crippen molar-refractivity contribution in [1.82, 2.24) is 9.80 Å². The Morgan fingerprint density at radius 3 is 2.58 bits per heavy atom. The van der Waals surface area contributed by atoms with Crippen molar-refractivity contribution in [2.45, 2.75) is 6.42 Å². The van der Waals surface area contributed by atoms with Crippen LogP contribution in [-0.4, -0.2) is 74.1 Å². The molecular weight excluding hydrogens is 418 g/mol. The number of benzene rings is 2. The number of nitrogens with zero attached hydrogens (tertiary/aromatic N) is 3. The van der Waals surface area contributed by atoms with Crippen LogP contribution in [-0.2, 0) is 9.59 Å². The minimum atomic E-state index is -0.0892. The molecule has 0 spiro atoms. The van der Waals surface area contributed by atoms with Crippen LogP contribution < -0.4 is 14.4 Å². The largest absolute Gasteiger partial charge is 0.491 e. The van der Waals surface area contributed by atoms with Gasteiger partial charge in [0.2, 0.25) is 11.8 Å². The van der Waals surface area contributed by atoms with Crippen LogP contribution in [0.5, 0.6) is 11.5 Å². The number of carbonyl (C=O) groups is 2. The van der Waals surface area contributed by atoms with E-state index in [1.165, 1.54) is 0 Å². The van der Waals surface area contributed by atoms with Crippen molar-refractivity contribution in [3.63, 3.8) is 0 Å². The van der Waals surface area contributed by atoms with Crippen molar-refractivity contribution in [2.75, 3.05) is 57.4 Å². The molecule has 7 nitrogen and oxygen atoms in total. The van der Waals surface area contributed by atoms with E-state index in [1.54, 1.807) is 11.0 Å². The van der Waals surface area contributed by atoms with E-state index in [4.69, 9.17) is 21.1 Å². The van der Waals surface area contributed by atoms with Crippen molar-refractivity contribution in [2.24, 2.45) is 0 Å². The van der Waals surface area contributed by atoms with E-state index in [9.17, 15) is 9.59 Å². The van der Waals surface area contributed by atoms with Gasteiger partial charge in [0.25, 0.3) is 0 Å². The number of piperazine rings is 1. The molecule has 1 saturated heterocycles. The van der Waals surface area contributed by atoms with Gasteiger partial charge >= 0.3 is 0 Å². The molecule has 1 fully saturated rings. The van der Waals surface area contributed by atoms with E-state index < -0.39 is 0 Å². The lowest BCUT2D eigenvalue weighted by atomic mass is 10.2. The molecular formula is C23H26ClN3O4. The molecule has 0 saturated carbocycles. The molecule has 0 aromatic heterocycles. The molecule has 2 amide bonds. The maximum Gasteiger partial charge on any atom is 0.242 e. The highest BCUT2D eigenvalue weighted by Crippen LogP contribution is 2.31. The van der Waals surface area contributed by atoms with Gasteiger partial charge in [-0.3, -0.25) is 19.4 Å². The Bertz CT molecular complexity index is 931. The predicted molar refractivity (Wildman–Crippen MR) is 119 cm³/mol. The third kappa shape index (κ3) is 5.29. The Hall–Kier alpha value is -2.77.